The lowest BCUT2D eigenvalue weighted by Gasteiger charge is -2.20. The van der Waals surface area contributed by atoms with Crippen LogP contribution in [0.1, 0.15) is 17.3 Å². The summed E-state index contributed by atoms with van der Waals surface area (Å²) in [6.07, 6.45) is 1.48. The largest absolute Gasteiger partial charge is 0.465 e. The minimum absolute atomic E-state index is 0.196. The summed E-state index contributed by atoms with van der Waals surface area (Å²) in [5.41, 5.74) is 1.24. The van der Waals surface area contributed by atoms with Crippen molar-refractivity contribution in [3.05, 3.63) is 58.0 Å². The van der Waals surface area contributed by atoms with Crippen LogP contribution < -0.4 is 0 Å². The fraction of sp³-hybridized carbons (Fsp3) is 0.278. The molecule has 0 saturated carbocycles. The monoisotopic (exact) mass is 362 g/mol. The summed E-state index contributed by atoms with van der Waals surface area (Å²) in [5.74, 6) is -1.23. The Balaban J connectivity index is 2.01. The maximum atomic E-state index is 12.8. The van der Waals surface area contributed by atoms with Gasteiger partial charge in [0, 0.05) is 27.4 Å². The maximum absolute atomic E-state index is 12.8. The molecule has 124 valence electrons. The summed E-state index contributed by atoms with van der Waals surface area (Å²) in [6.45, 7) is 1.96. The lowest BCUT2D eigenvalue weighted by atomic mass is 9.86. The fourth-order valence-corrected chi connectivity index (χ4v) is 4.39. The first-order valence-electron chi connectivity index (χ1n) is 7.58. The van der Waals surface area contributed by atoms with Crippen LogP contribution >= 0.6 is 23.4 Å². The number of hydrogen-bond acceptors (Lipinski definition) is 5. The third kappa shape index (κ3) is 2.94. The molecular formula is C18H15ClO4S. The first-order chi connectivity index (χ1) is 11.5. The lowest BCUT2D eigenvalue weighted by Crippen LogP contribution is -2.30. The van der Waals surface area contributed by atoms with E-state index >= 15 is 0 Å². The van der Waals surface area contributed by atoms with Crippen LogP contribution in [0.5, 0.6) is 0 Å². The molecule has 2 unspecified atom stereocenters. The molecule has 2 atom stereocenters. The Morgan fingerprint density at radius 3 is 2.67 bits per heavy atom. The van der Waals surface area contributed by atoms with Gasteiger partial charge in [-0.1, -0.05) is 30.3 Å². The number of hydrogen-bond donors (Lipinski definition) is 0. The number of thioether (sulfide) groups is 1. The highest BCUT2D eigenvalue weighted by Crippen LogP contribution is 2.45. The first-order valence-corrected chi connectivity index (χ1v) is 9.00. The van der Waals surface area contributed by atoms with Crippen molar-refractivity contribution in [3.63, 3.8) is 0 Å². The van der Waals surface area contributed by atoms with Gasteiger partial charge < -0.3 is 4.74 Å². The number of halogens is 1. The highest BCUT2D eigenvalue weighted by Gasteiger charge is 2.43. The van der Waals surface area contributed by atoms with Crippen LogP contribution in [-0.4, -0.2) is 35.3 Å². The van der Waals surface area contributed by atoms with Gasteiger partial charge in [0.05, 0.1) is 12.5 Å². The number of carbonyl (C=O) groups excluding carboxylic acids is 3. The predicted octanol–water partition coefficient (Wildman–Crippen LogP) is 3.17. The zero-order valence-corrected chi connectivity index (χ0v) is 14.5. The molecule has 0 amide bonds. The van der Waals surface area contributed by atoms with E-state index in [0.29, 0.717) is 27.4 Å². The average molecular weight is 363 g/mol. The topological polar surface area (TPSA) is 60.4 Å². The minimum Gasteiger partial charge on any atom is -0.465 e. The van der Waals surface area contributed by atoms with Crippen LogP contribution in [0, 0.1) is 5.92 Å². The van der Waals surface area contributed by atoms with Gasteiger partial charge >= 0.3 is 5.97 Å². The summed E-state index contributed by atoms with van der Waals surface area (Å²) in [6, 6.07) is 8.81. The number of allylic oxidation sites excluding steroid dienone is 2. The Morgan fingerprint density at radius 2 is 2.00 bits per heavy atom. The number of carbonyl (C=O) groups is 3. The molecule has 0 saturated heterocycles. The summed E-state index contributed by atoms with van der Waals surface area (Å²) >= 11 is 7.47. The van der Waals surface area contributed by atoms with Crippen molar-refractivity contribution in [1.29, 1.82) is 0 Å². The third-order valence-electron chi connectivity index (χ3n) is 3.91. The summed E-state index contributed by atoms with van der Waals surface area (Å²) in [5, 5.41) is -0.943. The van der Waals surface area contributed by atoms with E-state index in [4.69, 9.17) is 16.3 Å². The molecule has 1 heterocycles. The molecule has 0 aromatic heterocycles. The number of Topliss-reactive ketones (excluding diaryl/α,β-unsaturated/α-hetero) is 2. The van der Waals surface area contributed by atoms with E-state index in [2.05, 4.69) is 0 Å². The van der Waals surface area contributed by atoms with Crippen LogP contribution in [0.3, 0.4) is 0 Å². The Hall–Kier alpha value is -1.85. The summed E-state index contributed by atoms with van der Waals surface area (Å²) in [7, 11) is 0. The number of ketones is 2. The van der Waals surface area contributed by atoms with Crippen LogP contribution in [0.15, 0.2) is 52.5 Å². The normalized spacial score (nSPS) is 22.9. The van der Waals surface area contributed by atoms with Crippen molar-refractivity contribution in [2.75, 3.05) is 12.4 Å². The van der Waals surface area contributed by atoms with E-state index in [0.717, 1.165) is 0 Å². The van der Waals surface area contributed by atoms with E-state index in [1.165, 1.54) is 17.8 Å². The molecule has 1 aliphatic carbocycles. The summed E-state index contributed by atoms with van der Waals surface area (Å²) < 4.78 is 5.05. The highest BCUT2D eigenvalue weighted by molar-refractivity contribution is 8.03. The smallest absolute Gasteiger partial charge is 0.314 e. The van der Waals surface area contributed by atoms with Gasteiger partial charge in [-0.25, -0.2) is 0 Å². The van der Waals surface area contributed by atoms with Gasteiger partial charge in [-0.05, 0) is 13.0 Å². The zero-order valence-electron chi connectivity index (χ0n) is 13.0. The SMILES string of the molecule is CCOC(=O)C1CSC2=C1C(=O)C(Cl)C=C2C(=O)c1ccccc1. The van der Waals surface area contributed by atoms with Crippen molar-refractivity contribution < 1.29 is 19.1 Å². The maximum Gasteiger partial charge on any atom is 0.314 e. The van der Waals surface area contributed by atoms with Crippen molar-refractivity contribution in [1.82, 2.24) is 0 Å². The number of rotatable bonds is 4. The number of alkyl halides is 1. The molecule has 24 heavy (non-hydrogen) atoms. The lowest BCUT2D eigenvalue weighted by molar-refractivity contribution is -0.146. The quantitative estimate of drug-likeness (QED) is 0.467. The number of esters is 1. The van der Waals surface area contributed by atoms with Gasteiger partial charge in [-0.15, -0.1) is 23.4 Å². The number of ether oxygens (including phenoxy) is 1. The van der Waals surface area contributed by atoms with Crippen molar-refractivity contribution in [2.24, 2.45) is 5.92 Å². The Morgan fingerprint density at radius 1 is 1.29 bits per heavy atom. The molecule has 1 aromatic carbocycles. The molecule has 0 bridgehead atoms. The van der Waals surface area contributed by atoms with Crippen LogP contribution in [0.4, 0.5) is 0 Å². The summed E-state index contributed by atoms with van der Waals surface area (Å²) in [4.78, 5) is 37.9. The van der Waals surface area contributed by atoms with Crippen molar-refractivity contribution in [2.45, 2.75) is 12.3 Å². The standard InChI is InChI=1S/C18H15ClO4S/c1-2-23-18(22)12-9-24-17-11(8-13(19)16(21)14(12)17)15(20)10-6-4-3-5-7-10/h3-8,12-13H,2,9H2,1H3. The first kappa shape index (κ1) is 17.0. The Bertz CT molecular complexity index is 766. The molecule has 0 N–H and O–H groups in total. The van der Waals surface area contributed by atoms with Crippen LogP contribution in [-0.2, 0) is 14.3 Å². The predicted molar refractivity (Wildman–Crippen MR) is 93.1 cm³/mol. The second kappa shape index (κ2) is 6.95. The molecular weight excluding hydrogens is 348 g/mol. The van der Waals surface area contributed by atoms with Gasteiger partial charge in [-0.2, -0.15) is 0 Å². The zero-order chi connectivity index (χ0) is 17.3. The van der Waals surface area contributed by atoms with E-state index in [1.807, 2.05) is 6.07 Å². The highest BCUT2D eigenvalue weighted by atomic mass is 35.5. The van der Waals surface area contributed by atoms with Crippen LogP contribution in [0.2, 0.25) is 0 Å². The molecule has 3 rings (SSSR count). The number of benzene rings is 1. The fourth-order valence-electron chi connectivity index (χ4n) is 2.79. The molecule has 6 heteroatoms. The van der Waals surface area contributed by atoms with E-state index in [-0.39, 0.29) is 18.2 Å². The van der Waals surface area contributed by atoms with Crippen molar-refractivity contribution >= 4 is 40.9 Å². The molecule has 2 aliphatic rings. The van der Waals surface area contributed by atoms with E-state index < -0.39 is 17.3 Å². The van der Waals surface area contributed by atoms with Crippen LogP contribution in [0.25, 0.3) is 0 Å². The molecule has 4 nitrogen and oxygen atoms in total. The molecule has 0 spiro atoms. The second-order valence-corrected chi connectivity index (χ2v) is 6.90. The second-order valence-electron chi connectivity index (χ2n) is 5.40. The van der Waals surface area contributed by atoms with E-state index in [9.17, 15) is 14.4 Å². The minimum atomic E-state index is -0.943. The van der Waals surface area contributed by atoms with Gasteiger partial charge in [-0.3, -0.25) is 14.4 Å². The Labute approximate surface area is 148 Å². The average Bonchev–Trinajstić information content (AvgIpc) is 3.04. The van der Waals surface area contributed by atoms with Crippen molar-refractivity contribution in [3.8, 4) is 0 Å². The van der Waals surface area contributed by atoms with Gasteiger partial charge in [0.25, 0.3) is 0 Å². The van der Waals surface area contributed by atoms with E-state index in [1.54, 1.807) is 31.2 Å². The Kier molecular flexibility index (Phi) is 4.92. The van der Waals surface area contributed by atoms with Gasteiger partial charge in [0.1, 0.15) is 5.38 Å². The molecule has 0 fully saturated rings. The third-order valence-corrected chi connectivity index (χ3v) is 5.47. The molecule has 1 aliphatic heterocycles. The molecule has 0 radical (unpaired) electrons. The van der Waals surface area contributed by atoms with Gasteiger partial charge in [0.2, 0.25) is 0 Å². The van der Waals surface area contributed by atoms with Gasteiger partial charge in [0.15, 0.2) is 11.6 Å². The molecule has 1 aromatic rings.